The van der Waals surface area contributed by atoms with Gasteiger partial charge in [-0.1, -0.05) is 13.3 Å². The quantitative estimate of drug-likeness (QED) is 0.728. The molecule has 2 heteroatoms. The Hall–Kier alpha value is -0.0800. The third kappa shape index (κ3) is 2.94. The Balaban J connectivity index is 1.58. The van der Waals surface area contributed by atoms with Crippen molar-refractivity contribution in [3.63, 3.8) is 0 Å². The van der Waals surface area contributed by atoms with Crippen molar-refractivity contribution in [1.82, 2.24) is 5.32 Å². The van der Waals surface area contributed by atoms with Gasteiger partial charge >= 0.3 is 0 Å². The Morgan fingerprint density at radius 1 is 1.33 bits per heavy atom. The second-order valence-corrected chi connectivity index (χ2v) is 5.65. The predicted octanol–water partition coefficient (Wildman–Crippen LogP) is 2.29. The zero-order valence-corrected chi connectivity index (χ0v) is 10.2. The molecule has 88 valence electrons. The van der Waals surface area contributed by atoms with Gasteiger partial charge in [0.2, 0.25) is 0 Å². The molecular formula is C13H25NO. The van der Waals surface area contributed by atoms with E-state index in [1.807, 2.05) is 0 Å². The molecule has 0 saturated heterocycles. The van der Waals surface area contributed by atoms with Crippen molar-refractivity contribution in [1.29, 1.82) is 0 Å². The van der Waals surface area contributed by atoms with E-state index in [1.165, 1.54) is 32.2 Å². The van der Waals surface area contributed by atoms with Crippen LogP contribution in [0.3, 0.4) is 0 Å². The van der Waals surface area contributed by atoms with E-state index in [1.54, 1.807) is 7.11 Å². The standard InChI is InChI=1S/C13H25NO/c1-10(9-15-2)7-14-8-13-6-11-3-4-12(13)5-11/h10-14H,3-9H2,1-2H3. The fraction of sp³-hybridized carbons (Fsp3) is 1.00. The van der Waals surface area contributed by atoms with Gasteiger partial charge < -0.3 is 10.1 Å². The molecule has 2 aliphatic rings. The molecule has 1 N–H and O–H groups in total. The first-order chi connectivity index (χ1) is 7.29. The minimum atomic E-state index is 0.647. The molecule has 2 nitrogen and oxygen atoms in total. The maximum absolute atomic E-state index is 5.14. The van der Waals surface area contributed by atoms with Crippen molar-refractivity contribution in [2.75, 3.05) is 26.8 Å². The summed E-state index contributed by atoms with van der Waals surface area (Å²) >= 11 is 0. The van der Waals surface area contributed by atoms with Crippen LogP contribution < -0.4 is 5.32 Å². The first-order valence-electron chi connectivity index (χ1n) is 6.49. The number of methoxy groups -OCH3 is 1. The Labute approximate surface area is 93.8 Å². The monoisotopic (exact) mass is 211 g/mol. The molecule has 2 bridgehead atoms. The van der Waals surface area contributed by atoms with Crippen LogP contribution >= 0.6 is 0 Å². The van der Waals surface area contributed by atoms with Crippen LogP contribution in [0.4, 0.5) is 0 Å². The Morgan fingerprint density at radius 2 is 2.20 bits per heavy atom. The topological polar surface area (TPSA) is 21.3 Å². The van der Waals surface area contributed by atoms with Gasteiger partial charge in [0.25, 0.3) is 0 Å². The SMILES string of the molecule is COCC(C)CNCC1CC2CCC1C2. The van der Waals surface area contributed by atoms with Gasteiger partial charge in [-0.05, 0) is 56.0 Å². The molecule has 2 rings (SSSR count). The molecule has 4 atom stereocenters. The molecule has 15 heavy (non-hydrogen) atoms. The maximum Gasteiger partial charge on any atom is 0.0499 e. The van der Waals surface area contributed by atoms with Crippen LogP contribution in [0.15, 0.2) is 0 Å². The van der Waals surface area contributed by atoms with Crippen LogP contribution in [-0.2, 0) is 4.74 Å². The number of nitrogens with one attached hydrogen (secondary N) is 1. The minimum Gasteiger partial charge on any atom is -0.384 e. The second kappa shape index (κ2) is 5.31. The number of rotatable bonds is 6. The second-order valence-electron chi connectivity index (χ2n) is 5.65. The average Bonchev–Trinajstić information content (AvgIpc) is 2.79. The van der Waals surface area contributed by atoms with Crippen LogP contribution in [0.25, 0.3) is 0 Å². The third-order valence-electron chi connectivity index (χ3n) is 4.24. The maximum atomic E-state index is 5.14. The number of hydrogen-bond donors (Lipinski definition) is 1. The highest BCUT2D eigenvalue weighted by atomic mass is 16.5. The van der Waals surface area contributed by atoms with Crippen LogP contribution in [0.5, 0.6) is 0 Å². The Kier molecular flexibility index (Phi) is 4.04. The average molecular weight is 211 g/mol. The summed E-state index contributed by atoms with van der Waals surface area (Å²) in [5.41, 5.74) is 0. The van der Waals surface area contributed by atoms with E-state index in [-0.39, 0.29) is 0 Å². The predicted molar refractivity (Wildman–Crippen MR) is 62.8 cm³/mol. The fourth-order valence-corrected chi connectivity index (χ4v) is 3.49. The van der Waals surface area contributed by atoms with Gasteiger partial charge in [0.15, 0.2) is 0 Å². The van der Waals surface area contributed by atoms with Gasteiger partial charge in [0, 0.05) is 13.7 Å². The van der Waals surface area contributed by atoms with Crippen LogP contribution in [0.1, 0.15) is 32.6 Å². The molecule has 2 saturated carbocycles. The van der Waals surface area contributed by atoms with Gasteiger partial charge in [0.1, 0.15) is 0 Å². The smallest absolute Gasteiger partial charge is 0.0499 e. The highest BCUT2D eigenvalue weighted by molar-refractivity contribution is 4.90. The number of fused-ring (bicyclic) bond motifs is 2. The lowest BCUT2D eigenvalue weighted by Gasteiger charge is -2.22. The van der Waals surface area contributed by atoms with E-state index >= 15 is 0 Å². The fourth-order valence-electron chi connectivity index (χ4n) is 3.49. The summed E-state index contributed by atoms with van der Waals surface area (Å²) in [6.07, 6.45) is 6.04. The molecule has 0 radical (unpaired) electrons. The van der Waals surface area contributed by atoms with E-state index in [9.17, 15) is 0 Å². The van der Waals surface area contributed by atoms with Gasteiger partial charge in [-0.3, -0.25) is 0 Å². The van der Waals surface area contributed by atoms with Crippen molar-refractivity contribution in [2.24, 2.45) is 23.7 Å². The van der Waals surface area contributed by atoms with E-state index in [0.717, 1.165) is 30.9 Å². The molecule has 2 aliphatic carbocycles. The van der Waals surface area contributed by atoms with Crippen LogP contribution in [-0.4, -0.2) is 26.8 Å². The summed E-state index contributed by atoms with van der Waals surface area (Å²) in [7, 11) is 1.78. The third-order valence-corrected chi connectivity index (χ3v) is 4.24. The van der Waals surface area contributed by atoms with Crippen molar-refractivity contribution in [3.05, 3.63) is 0 Å². The highest BCUT2D eigenvalue weighted by Gasteiger charge is 2.38. The van der Waals surface area contributed by atoms with E-state index in [4.69, 9.17) is 4.74 Å². The lowest BCUT2D eigenvalue weighted by atomic mass is 9.89. The van der Waals surface area contributed by atoms with Crippen molar-refractivity contribution in [3.8, 4) is 0 Å². The molecule has 0 heterocycles. The van der Waals surface area contributed by atoms with E-state index in [0.29, 0.717) is 5.92 Å². The van der Waals surface area contributed by atoms with E-state index < -0.39 is 0 Å². The molecule has 0 aromatic rings. The van der Waals surface area contributed by atoms with Crippen molar-refractivity contribution >= 4 is 0 Å². The first-order valence-corrected chi connectivity index (χ1v) is 6.49. The van der Waals surface area contributed by atoms with Gasteiger partial charge in [-0.2, -0.15) is 0 Å². The number of hydrogen-bond acceptors (Lipinski definition) is 2. The van der Waals surface area contributed by atoms with E-state index in [2.05, 4.69) is 12.2 Å². The van der Waals surface area contributed by atoms with Crippen molar-refractivity contribution < 1.29 is 4.74 Å². The molecule has 0 aromatic heterocycles. The van der Waals surface area contributed by atoms with Gasteiger partial charge in [0.05, 0.1) is 0 Å². The van der Waals surface area contributed by atoms with Gasteiger partial charge in [-0.15, -0.1) is 0 Å². The Morgan fingerprint density at radius 3 is 2.80 bits per heavy atom. The molecule has 2 fully saturated rings. The summed E-state index contributed by atoms with van der Waals surface area (Å²) in [6.45, 7) is 5.48. The molecule has 0 aliphatic heterocycles. The van der Waals surface area contributed by atoms with Crippen LogP contribution in [0.2, 0.25) is 0 Å². The minimum absolute atomic E-state index is 0.647. The van der Waals surface area contributed by atoms with Crippen molar-refractivity contribution in [2.45, 2.75) is 32.6 Å². The largest absolute Gasteiger partial charge is 0.384 e. The molecule has 0 aromatic carbocycles. The first kappa shape index (κ1) is 11.4. The summed E-state index contributed by atoms with van der Waals surface area (Å²) in [5, 5.41) is 3.62. The summed E-state index contributed by atoms with van der Waals surface area (Å²) < 4.78 is 5.14. The summed E-state index contributed by atoms with van der Waals surface area (Å²) in [4.78, 5) is 0. The molecule has 0 spiro atoms. The number of ether oxygens (including phenoxy) is 1. The Bertz CT molecular complexity index is 195. The highest BCUT2D eigenvalue weighted by Crippen LogP contribution is 2.47. The molecule has 0 amide bonds. The molecular weight excluding hydrogens is 186 g/mol. The summed E-state index contributed by atoms with van der Waals surface area (Å²) in [5.74, 6) is 3.77. The zero-order chi connectivity index (χ0) is 10.7. The lowest BCUT2D eigenvalue weighted by Crippen LogP contribution is -2.31. The normalized spacial score (nSPS) is 36.0. The van der Waals surface area contributed by atoms with Crippen LogP contribution in [0, 0.1) is 23.7 Å². The summed E-state index contributed by atoms with van der Waals surface area (Å²) in [6, 6.07) is 0. The molecule has 4 unspecified atom stereocenters. The van der Waals surface area contributed by atoms with Gasteiger partial charge in [-0.25, -0.2) is 0 Å². The zero-order valence-electron chi connectivity index (χ0n) is 10.2. The lowest BCUT2D eigenvalue weighted by molar-refractivity contribution is 0.157.